The summed E-state index contributed by atoms with van der Waals surface area (Å²) in [4.78, 5) is 28.4. The van der Waals surface area contributed by atoms with Crippen LogP contribution in [-0.2, 0) is 32.3 Å². The molecule has 0 spiro atoms. The fourth-order valence-corrected chi connectivity index (χ4v) is 6.91. The molecule has 3 aromatic carbocycles. The Hall–Kier alpha value is -3.09. The van der Waals surface area contributed by atoms with Gasteiger partial charge < -0.3 is 10.2 Å². The van der Waals surface area contributed by atoms with Crippen molar-refractivity contribution in [2.45, 2.75) is 69.2 Å². The van der Waals surface area contributed by atoms with Gasteiger partial charge in [0.15, 0.2) is 0 Å². The number of amides is 2. The number of nitrogens with zero attached hydrogens (tertiary/aromatic N) is 2. The minimum absolute atomic E-state index is 0.0251. The van der Waals surface area contributed by atoms with Gasteiger partial charge in [-0.2, -0.15) is 13.2 Å². The van der Waals surface area contributed by atoms with Gasteiger partial charge in [-0.3, -0.25) is 13.9 Å². The fraction of sp³-hybridized carbons (Fsp3) is 0.355. The number of hydrogen-bond acceptors (Lipinski definition) is 4. The van der Waals surface area contributed by atoms with Crippen molar-refractivity contribution in [1.29, 1.82) is 0 Å². The van der Waals surface area contributed by atoms with Crippen LogP contribution < -0.4 is 9.62 Å². The summed E-state index contributed by atoms with van der Waals surface area (Å²) >= 11 is 9.19. The number of rotatable bonds is 10. The van der Waals surface area contributed by atoms with Crippen LogP contribution in [0.25, 0.3) is 0 Å². The van der Waals surface area contributed by atoms with E-state index < -0.39 is 56.9 Å². The number of alkyl halides is 3. The molecule has 1 N–H and O–H groups in total. The average Bonchev–Trinajstić information content (AvgIpc) is 3.48. The number of aryl methyl sites for hydroxylation is 1. The maximum absolute atomic E-state index is 14.0. The lowest BCUT2D eigenvalue weighted by atomic mass is 10.1. The Morgan fingerprint density at radius 1 is 1.02 bits per heavy atom. The predicted octanol–water partition coefficient (Wildman–Crippen LogP) is 7.10. The second-order valence-electron chi connectivity index (χ2n) is 10.8. The number of anilines is 1. The van der Waals surface area contributed by atoms with E-state index >= 15 is 0 Å². The molecule has 4 rings (SSSR count). The smallest absolute Gasteiger partial charge is 0.352 e. The van der Waals surface area contributed by atoms with Gasteiger partial charge in [0, 0.05) is 17.1 Å². The monoisotopic (exact) mass is 713 g/mol. The molecule has 0 aliphatic heterocycles. The Morgan fingerprint density at radius 2 is 1.64 bits per heavy atom. The lowest BCUT2D eigenvalue weighted by molar-refractivity contribution is -0.139. The molecule has 0 radical (unpaired) electrons. The minimum atomic E-state index is -4.88. The van der Waals surface area contributed by atoms with Crippen molar-refractivity contribution in [3.63, 3.8) is 0 Å². The SMILES string of the molecule is Cc1ccc(S(=O)(=O)N(CC(=O)N(Cc2ccc(Br)cc2)[C@@H](C)C(=O)NC2CCCC2)c2ccc(Cl)c(C(F)(F)F)c2)cc1. The molecule has 236 valence electrons. The van der Waals surface area contributed by atoms with Crippen molar-refractivity contribution in [3.05, 3.63) is 92.9 Å². The van der Waals surface area contributed by atoms with E-state index in [-0.39, 0.29) is 17.5 Å². The zero-order chi connectivity index (χ0) is 32.2. The Kier molecular flexibility index (Phi) is 10.7. The van der Waals surface area contributed by atoms with Crippen LogP contribution in [0, 0.1) is 6.92 Å². The molecule has 1 aliphatic rings. The summed E-state index contributed by atoms with van der Waals surface area (Å²) in [7, 11) is -4.55. The molecule has 1 atom stereocenters. The van der Waals surface area contributed by atoms with Crippen LogP contribution in [0.15, 0.2) is 76.1 Å². The number of sulfonamides is 1. The number of carbonyl (C=O) groups is 2. The van der Waals surface area contributed by atoms with E-state index in [0.717, 1.165) is 47.9 Å². The van der Waals surface area contributed by atoms with Crippen LogP contribution >= 0.6 is 27.5 Å². The molecule has 13 heteroatoms. The zero-order valence-corrected chi connectivity index (χ0v) is 27.2. The highest BCUT2D eigenvalue weighted by Crippen LogP contribution is 2.38. The number of halogens is 5. The number of nitrogens with one attached hydrogen (secondary N) is 1. The molecule has 0 unspecified atom stereocenters. The maximum atomic E-state index is 14.0. The molecule has 1 saturated carbocycles. The summed E-state index contributed by atoms with van der Waals surface area (Å²) in [5, 5.41) is 2.36. The van der Waals surface area contributed by atoms with E-state index in [0.29, 0.717) is 15.9 Å². The minimum Gasteiger partial charge on any atom is -0.352 e. The standard InChI is InChI=1S/C31H32BrClF3N3O4S/c1-20-7-14-26(15-8-20)44(42,43)39(25-13-16-28(33)27(17-25)31(34,35)36)19-29(40)38(18-22-9-11-23(32)12-10-22)21(2)30(41)37-24-5-3-4-6-24/h7-17,21,24H,3-6,18-19H2,1-2H3,(H,37,41)/t21-/m0/s1. The van der Waals surface area contributed by atoms with Gasteiger partial charge in [0.1, 0.15) is 12.6 Å². The number of hydrogen-bond donors (Lipinski definition) is 1. The maximum Gasteiger partial charge on any atom is 0.417 e. The molecule has 0 heterocycles. The molecule has 44 heavy (non-hydrogen) atoms. The lowest BCUT2D eigenvalue weighted by Crippen LogP contribution is -2.52. The molecule has 7 nitrogen and oxygen atoms in total. The van der Waals surface area contributed by atoms with Crippen molar-refractivity contribution in [2.24, 2.45) is 0 Å². The van der Waals surface area contributed by atoms with Crippen molar-refractivity contribution >= 4 is 55.1 Å². The van der Waals surface area contributed by atoms with Gasteiger partial charge >= 0.3 is 6.18 Å². The first-order chi connectivity index (χ1) is 20.7. The highest BCUT2D eigenvalue weighted by molar-refractivity contribution is 9.10. The average molecular weight is 715 g/mol. The first-order valence-corrected chi connectivity index (χ1v) is 16.6. The highest BCUT2D eigenvalue weighted by Gasteiger charge is 2.37. The molecule has 1 fully saturated rings. The van der Waals surface area contributed by atoms with E-state index in [1.165, 1.54) is 17.0 Å². The van der Waals surface area contributed by atoms with Crippen molar-refractivity contribution in [1.82, 2.24) is 10.2 Å². The van der Waals surface area contributed by atoms with Crippen LogP contribution in [-0.4, -0.2) is 43.8 Å². The summed E-state index contributed by atoms with van der Waals surface area (Å²) < 4.78 is 70.7. The molecule has 0 bridgehead atoms. The first-order valence-electron chi connectivity index (χ1n) is 14.0. The first kappa shape index (κ1) is 33.8. The summed E-state index contributed by atoms with van der Waals surface area (Å²) in [5.41, 5.74) is -0.215. The third-order valence-corrected chi connectivity index (χ3v) is 10.2. The van der Waals surface area contributed by atoms with Crippen LogP contribution in [0.1, 0.15) is 49.3 Å². The third kappa shape index (κ3) is 8.13. The van der Waals surface area contributed by atoms with Crippen molar-refractivity contribution in [3.8, 4) is 0 Å². The molecular formula is C31H32BrClF3N3O4S. The van der Waals surface area contributed by atoms with Crippen molar-refractivity contribution in [2.75, 3.05) is 10.8 Å². The van der Waals surface area contributed by atoms with Gasteiger partial charge in [0.2, 0.25) is 11.8 Å². The quantitative estimate of drug-likeness (QED) is 0.243. The molecule has 1 aliphatic carbocycles. The largest absolute Gasteiger partial charge is 0.417 e. The highest BCUT2D eigenvalue weighted by atomic mass is 79.9. The van der Waals surface area contributed by atoms with E-state index in [2.05, 4.69) is 21.2 Å². The predicted molar refractivity (Wildman–Crippen MR) is 167 cm³/mol. The molecule has 3 aromatic rings. The van der Waals surface area contributed by atoms with Crippen molar-refractivity contribution < 1.29 is 31.2 Å². The molecular weight excluding hydrogens is 683 g/mol. The van der Waals surface area contributed by atoms with E-state index in [9.17, 15) is 31.2 Å². The van der Waals surface area contributed by atoms with E-state index in [4.69, 9.17) is 11.6 Å². The van der Waals surface area contributed by atoms with Gasteiger partial charge in [-0.15, -0.1) is 0 Å². The van der Waals surface area contributed by atoms with Gasteiger partial charge in [-0.05, 0) is 74.7 Å². The Labute approximate surface area is 268 Å². The Balaban J connectivity index is 1.75. The Morgan fingerprint density at radius 3 is 2.23 bits per heavy atom. The summed E-state index contributed by atoms with van der Waals surface area (Å²) in [6.45, 7) is 2.39. The molecule has 2 amide bonds. The van der Waals surface area contributed by atoms with Crippen LogP contribution in [0.5, 0.6) is 0 Å². The third-order valence-electron chi connectivity index (χ3n) is 7.57. The Bertz CT molecular complexity index is 1600. The number of carbonyl (C=O) groups excluding carboxylic acids is 2. The van der Waals surface area contributed by atoms with Gasteiger partial charge in [0.05, 0.1) is 21.2 Å². The second kappa shape index (κ2) is 13.9. The summed E-state index contributed by atoms with van der Waals surface area (Å²) in [6.07, 6.45) is -1.28. The van der Waals surface area contributed by atoms with Crippen LogP contribution in [0.3, 0.4) is 0 Å². The van der Waals surface area contributed by atoms with Gasteiger partial charge in [-0.1, -0.05) is 70.2 Å². The van der Waals surface area contributed by atoms with Gasteiger partial charge in [0.25, 0.3) is 10.0 Å². The summed E-state index contributed by atoms with van der Waals surface area (Å²) in [6, 6.07) is 14.4. The van der Waals surface area contributed by atoms with Crippen LogP contribution in [0.2, 0.25) is 5.02 Å². The molecule has 0 saturated heterocycles. The fourth-order valence-electron chi connectivity index (χ4n) is 5.01. The van der Waals surface area contributed by atoms with Gasteiger partial charge in [-0.25, -0.2) is 8.42 Å². The topological polar surface area (TPSA) is 86.8 Å². The van der Waals surface area contributed by atoms with Crippen LogP contribution in [0.4, 0.5) is 18.9 Å². The van der Waals surface area contributed by atoms with E-state index in [1.54, 1.807) is 50.2 Å². The second-order valence-corrected chi connectivity index (χ2v) is 14.0. The normalized spacial score (nSPS) is 14.7. The zero-order valence-electron chi connectivity index (χ0n) is 24.1. The summed E-state index contributed by atoms with van der Waals surface area (Å²) in [5.74, 6) is -1.18. The number of benzene rings is 3. The molecule has 0 aromatic heterocycles. The lowest BCUT2D eigenvalue weighted by Gasteiger charge is -2.32. The van der Waals surface area contributed by atoms with E-state index in [1.807, 2.05) is 0 Å².